The van der Waals surface area contributed by atoms with Crippen molar-refractivity contribution in [2.45, 2.75) is 0 Å². The topological polar surface area (TPSA) is 66.2 Å². The molecule has 0 spiro atoms. The fraction of sp³-hybridized carbons (Fsp3) is 0. The van der Waals surface area contributed by atoms with Gasteiger partial charge in [0.2, 0.25) is 0 Å². The van der Waals surface area contributed by atoms with Gasteiger partial charge in [0.15, 0.2) is 0 Å². The minimum Gasteiger partial charge on any atom is -0.356 e. The zero-order chi connectivity index (χ0) is 40.9. The summed E-state index contributed by atoms with van der Waals surface area (Å²) < 4.78 is 0. The van der Waals surface area contributed by atoms with Gasteiger partial charge in [-0.1, -0.05) is 212 Å². The Bertz CT molecular complexity index is 1920. The third-order valence-corrected chi connectivity index (χ3v) is 16.2. The van der Waals surface area contributed by atoms with Gasteiger partial charge < -0.3 is 15.3 Å². The molecule has 7 aromatic rings. The first-order chi connectivity index (χ1) is 29.1. The molecule has 10 radical (unpaired) electrons. The first kappa shape index (κ1) is 49.9. The molecule has 0 unspecified atom stereocenters. The molecule has 0 bridgehead atoms. The van der Waals surface area contributed by atoms with Crippen LogP contribution in [0.15, 0.2) is 212 Å². The van der Waals surface area contributed by atoms with Gasteiger partial charge in [-0.25, -0.2) is 0 Å². The summed E-state index contributed by atoms with van der Waals surface area (Å²) in [6, 6.07) is 75.4. The molecule has 9 rings (SSSR count). The maximum atomic E-state index is 8.25. The summed E-state index contributed by atoms with van der Waals surface area (Å²) >= 11 is 0. The van der Waals surface area contributed by atoms with E-state index >= 15 is 0 Å². The van der Waals surface area contributed by atoms with E-state index in [2.05, 4.69) is 264 Å². The number of hydrogen-bond acceptors (Lipinski definition) is 3. The van der Waals surface area contributed by atoms with Crippen LogP contribution in [-0.4, -0.2) is 5.09 Å². The average molecular weight is 1080 g/mol. The minimum absolute atomic E-state index is 0. The van der Waals surface area contributed by atoms with Gasteiger partial charge in [-0.15, -0.1) is 0 Å². The maximum Gasteiger partial charge on any atom is 2.00 e. The van der Waals surface area contributed by atoms with Crippen molar-refractivity contribution in [3.63, 3.8) is 0 Å². The van der Waals surface area contributed by atoms with E-state index in [4.69, 9.17) is 15.3 Å². The largest absolute Gasteiger partial charge is 2.00 e. The summed E-state index contributed by atoms with van der Waals surface area (Å²) in [5.41, 5.74) is 2.84. The Morgan fingerprint density at radius 1 is 0.295 bits per heavy atom. The first-order valence-electron chi connectivity index (χ1n) is 19.1. The molecule has 2 fully saturated rings. The molecule has 0 aliphatic heterocycles. The van der Waals surface area contributed by atoms with Crippen LogP contribution >= 0.6 is 23.8 Å². The molecule has 0 aromatic heterocycles. The van der Waals surface area contributed by atoms with Crippen molar-refractivity contribution < 1.29 is 44.5 Å². The molecule has 0 amide bonds. The van der Waals surface area contributed by atoms with Crippen LogP contribution in [0.2, 0.25) is 0 Å². The molecule has 0 saturated heterocycles. The van der Waals surface area contributed by atoms with E-state index in [0.717, 1.165) is 0 Å². The molecule has 0 heterocycles. The van der Waals surface area contributed by atoms with Crippen molar-refractivity contribution in [1.29, 1.82) is 0 Å². The third kappa shape index (κ3) is 15.9. The van der Waals surface area contributed by atoms with Gasteiger partial charge in [-0.3, -0.25) is 0 Å². The molecule has 7 aromatic carbocycles. The van der Waals surface area contributed by atoms with Crippen LogP contribution < -0.4 is 37.1 Å². The summed E-state index contributed by atoms with van der Waals surface area (Å²) in [7, 11) is -1.26. The van der Waals surface area contributed by atoms with E-state index in [1.807, 2.05) is 0 Å². The predicted molar refractivity (Wildman–Crippen MR) is 255 cm³/mol. The summed E-state index contributed by atoms with van der Waals surface area (Å²) in [5, 5.41) is 24.6. The van der Waals surface area contributed by atoms with E-state index < -0.39 is 28.9 Å². The second-order valence-electron chi connectivity index (χ2n) is 12.9. The van der Waals surface area contributed by atoms with E-state index in [0.29, 0.717) is 0 Å². The van der Waals surface area contributed by atoms with E-state index in [9.17, 15) is 0 Å². The average Bonchev–Trinajstić information content (AvgIpc) is 4.03. The van der Waals surface area contributed by atoms with Crippen molar-refractivity contribution in [1.82, 2.24) is 0 Å². The molecule has 2 saturated carbocycles. The number of nitrogens with zero attached hydrogens (tertiary/aromatic N) is 1. The van der Waals surface area contributed by atoms with Gasteiger partial charge in [-0.2, -0.15) is 0 Å². The quantitative estimate of drug-likeness (QED) is 0.0626. The Kier molecular flexibility index (Phi) is 23.0. The SMILES string of the molecule is O=[N+]([O-])[O-].[Au+].[CH]1[CH][CH][C](P(c2ccccc2)c2ccccc2)[CH]1.[CH]1[CH][CH][C](P(c2ccccc2)c2ccccc2)[CH]1.[Fe+2].c1ccc(P(c2ccccc2)c2ccccc2)cc1. The molecule has 0 N–H and O–H groups in total. The molecule has 2 aliphatic carbocycles. The summed E-state index contributed by atoms with van der Waals surface area (Å²) in [6.07, 6.45) is 17.4. The fourth-order valence-electron chi connectivity index (χ4n) is 6.41. The van der Waals surface area contributed by atoms with Gasteiger partial charge in [0, 0.05) is 11.3 Å². The zero-order valence-corrected chi connectivity index (χ0v) is 38.9. The predicted octanol–water partition coefficient (Wildman–Crippen LogP) is 10.2. The molecule has 61 heavy (non-hydrogen) atoms. The second-order valence-corrected chi connectivity index (χ2v) is 19.5. The Labute approximate surface area is 393 Å². The minimum atomic E-state index is -1.75. The first-order valence-corrected chi connectivity index (χ1v) is 23.1. The standard InChI is InChI=1S/C18H15P.2C17H14P.Au.Fe.NO3/c1-4-10-16(11-5-1)19(17-12-6-2-7-13-17)18-14-8-3-9-15-18;2*1-3-9-15(10-4-1)18(17-13-7-8-14-17)16-11-5-2-6-12-16;;;2-1(3)4/h1-15H;2*1-14H;;;/q;;;+1;+2;-1. The molecule has 4 nitrogen and oxygen atoms in total. The van der Waals surface area contributed by atoms with Crippen LogP contribution in [0.25, 0.3) is 0 Å². The van der Waals surface area contributed by atoms with Crippen LogP contribution in [0.5, 0.6) is 0 Å². The van der Waals surface area contributed by atoms with Crippen molar-refractivity contribution in [2.24, 2.45) is 0 Å². The maximum absolute atomic E-state index is 8.25. The van der Waals surface area contributed by atoms with Gasteiger partial charge in [0.25, 0.3) is 0 Å². The van der Waals surface area contributed by atoms with Gasteiger partial charge >= 0.3 is 39.4 Å². The second kappa shape index (κ2) is 28.1. The Morgan fingerprint density at radius 2 is 0.443 bits per heavy atom. The fourth-order valence-corrected chi connectivity index (χ4v) is 13.3. The van der Waals surface area contributed by atoms with Crippen molar-refractivity contribution in [3.05, 3.63) is 290 Å². The van der Waals surface area contributed by atoms with Crippen LogP contribution in [0.4, 0.5) is 0 Å². The van der Waals surface area contributed by atoms with Gasteiger partial charge in [-0.05, 0) is 112 Å². The van der Waals surface area contributed by atoms with Crippen LogP contribution in [0, 0.1) is 78.0 Å². The Morgan fingerprint density at radius 3 is 0.607 bits per heavy atom. The summed E-state index contributed by atoms with van der Waals surface area (Å²) in [6.45, 7) is 0. The van der Waals surface area contributed by atoms with Crippen LogP contribution in [-0.2, 0) is 39.4 Å². The zero-order valence-electron chi connectivity index (χ0n) is 33.0. The van der Waals surface area contributed by atoms with Crippen LogP contribution in [0.3, 0.4) is 0 Å². The molecular weight excluding hydrogens is 1030 g/mol. The van der Waals surface area contributed by atoms with Crippen molar-refractivity contribution in [3.8, 4) is 0 Å². The van der Waals surface area contributed by atoms with Crippen LogP contribution in [0.1, 0.15) is 0 Å². The van der Waals surface area contributed by atoms with E-state index in [1.165, 1.54) is 48.4 Å². The molecule has 306 valence electrons. The van der Waals surface area contributed by atoms with Gasteiger partial charge in [0.05, 0.1) is 5.09 Å². The summed E-state index contributed by atoms with van der Waals surface area (Å²) in [5.74, 6) is 0. The van der Waals surface area contributed by atoms with Crippen molar-refractivity contribution >= 4 is 60.9 Å². The number of rotatable bonds is 9. The molecule has 2 aliphatic rings. The van der Waals surface area contributed by atoms with E-state index in [-0.39, 0.29) is 39.4 Å². The Balaban J connectivity index is 0.000000190. The smallest absolute Gasteiger partial charge is 0.356 e. The monoisotopic (exact) mass is 1080 g/mol. The number of hydrogen-bond donors (Lipinski definition) is 0. The van der Waals surface area contributed by atoms with Crippen molar-refractivity contribution in [2.75, 3.05) is 0 Å². The van der Waals surface area contributed by atoms with Gasteiger partial charge in [0.1, 0.15) is 0 Å². The number of benzene rings is 7. The normalized spacial score (nSPS) is 13.3. The molecular formula is C52H43AuFeNO3P3+2. The Hall–Kier alpha value is -3.71. The molecule has 0 atom stereocenters. The third-order valence-electron chi connectivity index (χ3n) is 8.91. The van der Waals surface area contributed by atoms with E-state index in [1.54, 1.807) is 0 Å². The summed E-state index contributed by atoms with van der Waals surface area (Å²) in [4.78, 5) is 8.25. The molecule has 9 heteroatoms.